The van der Waals surface area contributed by atoms with E-state index >= 15 is 0 Å². The van der Waals surface area contributed by atoms with Gasteiger partial charge in [-0.1, -0.05) is 40.8 Å². The number of aromatic nitrogens is 3. The van der Waals surface area contributed by atoms with E-state index in [1.54, 1.807) is 12.1 Å². The van der Waals surface area contributed by atoms with Gasteiger partial charge in [0.2, 0.25) is 0 Å². The Kier molecular flexibility index (Phi) is 5.39. The molecule has 7 nitrogen and oxygen atoms in total. The Labute approximate surface area is 225 Å². The fourth-order valence-corrected chi connectivity index (χ4v) is 6.75. The molecule has 1 saturated carbocycles. The van der Waals surface area contributed by atoms with Crippen molar-refractivity contribution in [1.29, 1.82) is 0 Å². The highest BCUT2D eigenvalue weighted by atomic mass is 32.1. The molecule has 1 aliphatic heterocycles. The normalized spacial score (nSPS) is 18.8. The Bertz CT molecular complexity index is 1650. The minimum atomic E-state index is -4.49. The van der Waals surface area contributed by atoms with Gasteiger partial charge in [0.25, 0.3) is 0 Å². The average Bonchev–Trinajstić information content (AvgIpc) is 3.50. The van der Waals surface area contributed by atoms with Crippen LogP contribution in [0.5, 0.6) is 0 Å². The van der Waals surface area contributed by atoms with Gasteiger partial charge in [0.05, 0.1) is 5.56 Å². The van der Waals surface area contributed by atoms with Gasteiger partial charge in [-0.25, -0.2) is 14.8 Å². The van der Waals surface area contributed by atoms with Crippen LogP contribution in [-0.4, -0.2) is 39.3 Å². The van der Waals surface area contributed by atoms with E-state index in [1.165, 1.54) is 29.5 Å². The molecule has 0 bridgehead atoms. The molecule has 39 heavy (non-hydrogen) atoms. The van der Waals surface area contributed by atoms with Crippen molar-refractivity contribution in [3.8, 4) is 11.3 Å². The number of hydrogen-bond acceptors (Lipinski definition) is 7. The molecular formula is C28H23F3N4O3S. The van der Waals surface area contributed by atoms with Gasteiger partial charge < -0.3 is 14.5 Å². The van der Waals surface area contributed by atoms with Gasteiger partial charge >= 0.3 is 12.1 Å². The predicted octanol–water partition coefficient (Wildman–Crippen LogP) is 7.01. The van der Waals surface area contributed by atoms with Crippen LogP contribution in [0.4, 0.5) is 18.3 Å². The van der Waals surface area contributed by atoms with Crippen LogP contribution in [0.1, 0.15) is 65.4 Å². The Balaban J connectivity index is 1.15. The van der Waals surface area contributed by atoms with Crippen LogP contribution in [0, 0.1) is 5.41 Å². The summed E-state index contributed by atoms with van der Waals surface area (Å²) in [5.74, 6) is -0.141. The number of hydrogen-bond donors (Lipinski definition) is 1. The zero-order chi connectivity index (χ0) is 26.9. The number of carboxylic acid groups (broad SMARTS) is 1. The van der Waals surface area contributed by atoms with Gasteiger partial charge in [-0.05, 0) is 61.3 Å². The van der Waals surface area contributed by atoms with Gasteiger partial charge in [-0.3, -0.25) is 0 Å². The summed E-state index contributed by atoms with van der Waals surface area (Å²) in [4.78, 5) is 22.9. The SMILES string of the molecule is O=C(O)c1ccc2nc(N3CCC4(C=C(c5c(-c6ccccc6C(F)(F)F)noc5C5CC5)C4)CC3)sc2n1. The number of halogens is 3. The highest BCUT2D eigenvalue weighted by Gasteiger charge is 2.45. The monoisotopic (exact) mass is 552 g/mol. The van der Waals surface area contributed by atoms with E-state index in [0.29, 0.717) is 16.1 Å². The molecule has 1 saturated heterocycles. The molecule has 4 heterocycles. The number of pyridine rings is 1. The van der Waals surface area contributed by atoms with Crippen molar-refractivity contribution in [3.63, 3.8) is 0 Å². The number of aromatic carboxylic acids is 1. The third-order valence-corrected chi connectivity index (χ3v) is 9.02. The summed E-state index contributed by atoms with van der Waals surface area (Å²) >= 11 is 1.39. The van der Waals surface area contributed by atoms with Crippen LogP contribution in [0.3, 0.4) is 0 Å². The molecular weight excluding hydrogens is 529 g/mol. The van der Waals surface area contributed by atoms with Gasteiger partial charge in [-0.2, -0.15) is 13.2 Å². The van der Waals surface area contributed by atoms with Crippen LogP contribution in [0.2, 0.25) is 0 Å². The second kappa shape index (κ2) is 8.64. The molecule has 3 aliphatic rings. The summed E-state index contributed by atoms with van der Waals surface area (Å²) in [7, 11) is 0. The first kappa shape index (κ1) is 24.3. The summed E-state index contributed by atoms with van der Waals surface area (Å²) in [6.45, 7) is 1.55. The molecule has 0 amide bonds. The maximum absolute atomic E-state index is 13.8. The smallest absolute Gasteiger partial charge is 0.417 e. The standard InChI is InChI=1S/C28H23F3N4O3S/c29-28(30,31)18-4-2-1-3-17(18)22-21(23(38-34-22)15-5-6-15)16-13-27(14-16)9-11-35(12-10-27)26-33-19-7-8-20(25(36)37)32-24(19)39-26/h1-4,7-8,13,15H,5-6,9-12,14H2,(H,36,37). The van der Waals surface area contributed by atoms with E-state index in [9.17, 15) is 23.1 Å². The number of carboxylic acids is 1. The maximum Gasteiger partial charge on any atom is 0.417 e. The van der Waals surface area contributed by atoms with E-state index in [2.05, 4.69) is 26.1 Å². The van der Waals surface area contributed by atoms with Crippen LogP contribution >= 0.6 is 11.3 Å². The Morgan fingerprint density at radius 2 is 1.85 bits per heavy atom. The van der Waals surface area contributed by atoms with Crippen molar-refractivity contribution >= 4 is 38.4 Å². The molecule has 0 unspecified atom stereocenters. The molecule has 1 aromatic carbocycles. The van der Waals surface area contributed by atoms with E-state index in [-0.39, 0.29) is 28.3 Å². The number of rotatable bonds is 5. The Hall–Kier alpha value is -3.73. The van der Waals surface area contributed by atoms with Crippen LogP contribution < -0.4 is 4.90 Å². The third kappa shape index (κ3) is 4.19. The molecule has 1 spiro atoms. The van der Waals surface area contributed by atoms with Crippen molar-refractivity contribution in [2.75, 3.05) is 18.0 Å². The number of alkyl halides is 3. The minimum absolute atomic E-state index is 0.000962. The summed E-state index contributed by atoms with van der Waals surface area (Å²) in [6.07, 6.45) is 2.20. The largest absolute Gasteiger partial charge is 0.477 e. The molecule has 11 heteroatoms. The summed E-state index contributed by atoms with van der Waals surface area (Å²) in [6, 6.07) is 8.71. The van der Waals surface area contributed by atoms with E-state index in [0.717, 1.165) is 67.5 Å². The second-order valence-corrected chi connectivity index (χ2v) is 11.6. The van der Waals surface area contributed by atoms with Crippen molar-refractivity contribution in [2.24, 2.45) is 5.41 Å². The van der Waals surface area contributed by atoms with Crippen molar-refractivity contribution in [3.05, 3.63) is 65.1 Å². The topological polar surface area (TPSA) is 92.3 Å². The van der Waals surface area contributed by atoms with Crippen LogP contribution in [-0.2, 0) is 6.18 Å². The minimum Gasteiger partial charge on any atom is -0.477 e. The first-order valence-electron chi connectivity index (χ1n) is 12.8. The molecule has 2 aliphatic carbocycles. The second-order valence-electron chi connectivity index (χ2n) is 10.6. The van der Waals surface area contributed by atoms with Crippen LogP contribution in [0.15, 0.2) is 47.0 Å². The number of nitrogens with zero attached hydrogens (tertiary/aromatic N) is 4. The zero-order valence-corrected chi connectivity index (χ0v) is 21.5. The number of piperidine rings is 1. The molecule has 3 aromatic heterocycles. The average molecular weight is 553 g/mol. The molecule has 0 atom stereocenters. The van der Waals surface area contributed by atoms with E-state index in [4.69, 9.17) is 4.52 Å². The molecule has 200 valence electrons. The van der Waals surface area contributed by atoms with Crippen molar-refractivity contribution in [1.82, 2.24) is 15.1 Å². The lowest BCUT2D eigenvalue weighted by Gasteiger charge is -2.46. The molecule has 1 N–H and O–H groups in total. The Morgan fingerprint density at radius 3 is 2.54 bits per heavy atom. The van der Waals surface area contributed by atoms with Gasteiger partial charge in [-0.15, -0.1) is 0 Å². The van der Waals surface area contributed by atoms with E-state index < -0.39 is 17.7 Å². The van der Waals surface area contributed by atoms with Gasteiger partial charge in [0.15, 0.2) is 5.13 Å². The summed E-state index contributed by atoms with van der Waals surface area (Å²) < 4.78 is 47.1. The zero-order valence-electron chi connectivity index (χ0n) is 20.7. The fourth-order valence-electron chi connectivity index (χ4n) is 5.76. The predicted molar refractivity (Wildman–Crippen MR) is 140 cm³/mol. The lowest BCUT2D eigenvalue weighted by atomic mass is 9.63. The number of benzene rings is 1. The molecule has 0 radical (unpaired) electrons. The summed E-state index contributed by atoms with van der Waals surface area (Å²) in [5.41, 5.74) is 2.06. The molecule has 2 fully saturated rings. The number of thiazole rings is 1. The lowest BCUT2D eigenvalue weighted by molar-refractivity contribution is -0.137. The lowest BCUT2D eigenvalue weighted by Crippen LogP contribution is -2.42. The van der Waals surface area contributed by atoms with Crippen molar-refractivity contribution in [2.45, 2.75) is 44.2 Å². The number of allylic oxidation sites excluding steroid dienone is 2. The van der Waals surface area contributed by atoms with Gasteiger partial charge in [0.1, 0.15) is 27.5 Å². The third-order valence-electron chi connectivity index (χ3n) is 7.99. The maximum atomic E-state index is 13.8. The quantitative estimate of drug-likeness (QED) is 0.285. The van der Waals surface area contributed by atoms with Crippen LogP contribution in [0.25, 0.3) is 27.2 Å². The first-order valence-corrected chi connectivity index (χ1v) is 13.7. The Morgan fingerprint density at radius 1 is 1.10 bits per heavy atom. The summed E-state index contributed by atoms with van der Waals surface area (Å²) in [5, 5.41) is 14.2. The highest BCUT2D eigenvalue weighted by Crippen LogP contribution is 2.56. The molecule has 4 aromatic rings. The highest BCUT2D eigenvalue weighted by molar-refractivity contribution is 7.21. The fraction of sp³-hybridized carbons (Fsp3) is 0.357. The van der Waals surface area contributed by atoms with E-state index in [1.807, 2.05) is 0 Å². The van der Waals surface area contributed by atoms with Gasteiger partial charge in [0, 0.05) is 30.1 Å². The number of fused-ring (bicyclic) bond motifs is 1. The number of anilines is 1. The molecule has 7 rings (SSSR count). The van der Waals surface area contributed by atoms with Crippen molar-refractivity contribution < 1.29 is 27.6 Å². The first-order chi connectivity index (χ1) is 18.7. The number of carbonyl (C=O) groups is 1.